The van der Waals surface area contributed by atoms with Gasteiger partial charge in [-0.05, 0) is 25.5 Å². The van der Waals surface area contributed by atoms with Gasteiger partial charge in [0.25, 0.3) is 5.91 Å². The van der Waals surface area contributed by atoms with Crippen molar-refractivity contribution < 1.29 is 19.1 Å². The van der Waals surface area contributed by atoms with Crippen molar-refractivity contribution in [1.82, 2.24) is 9.88 Å². The molecule has 0 aromatic carbocycles. The third-order valence-corrected chi connectivity index (χ3v) is 3.64. The van der Waals surface area contributed by atoms with E-state index in [0.717, 1.165) is 5.76 Å². The first-order valence-corrected chi connectivity index (χ1v) is 7.42. The predicted molar refractivity (Wildman–Crippen MR) is 78.4 cm³/mol. The van der Waals surface area contributed by atoms with Crippen LogP contribution in [0.2, 0.25) is 0 Å². The Kier molecular flexibility index (Phi) is 4.74. The molecule has 0 atom stereocenters. The summed E-state index contributed by atoms with van der Waals surface area (Å²) in [4.78, 5) is 28.7. The number of amides is 1. The van der Waals surface area contributed by atoms with E-state index in [-0.39, 0.29) is 18.1 Å². The SMILES string of the molecule is CCCN(CC(=O)O)C(=O)c1csc(-c2ccc(C)o2)n1. The normalized spacial score (nSPS) is 10.6. The average molecular weight is 308 g/mol. The maximum atomic E-state index is 12.3. The third kappa shape index (κ3) is 3.69. The standard InChI is InChI=1S/C14H16N2O4S/c1-3-6-16(7-12(17)18)14(19)10-8-21-13(15-10)11-5-4-9(2)20-11/h4-5,8H,3,6-7H2,1-2H3,(H,17,18). The summed E-state index contributed by atoms with van der Waals surface area (Å²) in [5.74, 6) is -0.0256. The molecule has 0 saturated heterocycles. The van der Waals surface area contributed by atoms with Crippen LogP contribution in [0.1, 0.15) is 29.6 Å². The largest absolute Gasteiger partial charge is 0.480 e. The summed E-state index contributed by atoms with van der Waals surface area (Å²) < 4.78 is 5.46. The van der Waals surface area contributed by atoms with Crippen LogP contribution < -0.4 is 0 Å². The summed E-state index contributed by atoms with van der Waals surface area (Å²) in [5.41, 5.74) is 0.249. The van der Waals surface area contributed by atoms with Crippen LogP contribution in [0.25, 0.3) is 10.8 Å². The number of hydrogen-bond donors (Lipinski definition) is 1. The van der Waals surface area contributed by atoms with Gasteiger partial charge in [0.1, 0.15) is 18.0 Å². The Morgan fingerprint density at radius 1 is 1.43 bits per heavy atom. The lowest BCUT2D eigenvalue weighted by atomic mass is 10.3. The minimum absolute atomic E-state index is 0.249. The molecule has 1 N–H and O–H groups in total. The van der Waals surface area contributed by atoms with Gasteiger partial charge in [0.05, 0.1) is 0 Å². The van der Waals surface area contributed by atoms with Gasteiger partial charge in [-0.2, -0.15) is 0 Å². The van der Waals surface area contributed by atoms with E-state index < -0.39 is 5.97 Å². The zero-order chi connectivity index (χ0) is 15.4. The Morgan fingerprint density at radius 3 is 2.76 bits per heavy atom. The van der Waals surface area contributed by atoms with Crippen molar-refractivity contribution in [2.45, 2.75) is 20.3 Å². The summed E-state index contributed by atoms with van der Waals surface area (Å²) in [6.45, 7) is 3.79. The van der Waals surface area contributed by atoms with E-state index in [4.69, 9.17) is 9.52 Å². The molecule has 0 aliphatic carbocycles. The maximum Gasteiger partial charge on any atom is 0.323 e. The number of carboxylic acids is 1. The number of aryl methyl sites for hydroxylation is 1. The van der Waals surface area contributed by atoms with Gasteiger partial charge in [-0.15, -0.1) is 11.3 Å². The highest BCUT2D eigenvalue weighted by Crippen LogP contribution is 2.26. The molecule has 21 heavy (non-hydrogen) atoms. The van der Waals surface area contributed by atoms with E-state index in [9.17, 15) is 9.59 Å². The molecule has 0 spiro atoms. The molecule has 0 bridgehead atoms. The van der Waals surface area contributed by atoms with Crippen LogP contribution in [0.4, 0.5) is 0 Å². The Bertz CT molecular complexity index is 647. The molecule has 2 aromatic heterocycles. The number of thiazole rings is 1. The molecule has 0 fully saturated rings. The fourth-order valence-corrected chi connectivity index (χ4v) is 2.64. The van der Waals surface area contributed by atoms with E-state index in [0.29, 0.717) is 23.7 Å². The highest BCUT2D eigenvalue weighted by Gasteiger charge is 2.21. The number of furan rings is 1. The van der Waals surface area contributed by atoms with Gasteiger partial charge in [0.15, 0.2) is 10.8 Å². The molecule has 6 nitrogen and oxygen atoms in total. The van der Waals surface area contributed by atoms with Gasteiger partial charge in [0.2, 0.25) is 0 Å². The number of hydrogen-bond acceptors (Lipinski definition) is 5. The molecular formula is C14H16N2O4S. The molecule has 112 valence electrons. The van der Waals surface area contributed by atoms with Gasteiger partial charge in [-0.25, -0.2) is 4.98 Å². The van der Waals surface area contributed by atoms with E-state index in [1.165, 1.54) is 16.2 Å². The second kappa shape index (κ2) is 6.53. The number of carbonyl (C=O) groups is 2. The van der Waals surface area contributed by atoms with Crippen LogP contribution in [0.3, 0.4) is 0 Å². The Labute approximate surface area is 126 Å². The molecule has 0 aliphatic rings. The second-order valence-electron chi connectivity index (χ2n) is 4.57. The molecule has 0 unspecified atom stereocenters. The smallest absolute Gasteiger partial charge is 0.323 e. The van der Waals surface area contributed by atoms with Crippen LogP contribution in [0, 0.1) is 6.92 Å². The molecule has 2 heterocycles. The predicted octanol–water partition coefficient (Wildman–Crippen LogP) is 2.65. The Balaban J connectivity index is 2.18. The summed E-state index contributed by atoms with van der Waals surface area (Å²) in [7, 11) is 0. The highest BCUT2D eigenvalue weighted by molar-refractivity contribution is 7.13. The highest BCUT2D eigenvalue weighted by atomic mass is 32.1. The number of aliphatic carboxylic acids is 1. The van der Waals surface area contributed by atoms with Crippen molar-refractivity contribution in [1.29, 1.82) is 0 Å². The van der Waals surface area contributed by atoms with Gasteiger partial charge in [0, 0.05) is 11.9 Å². The lowest BCUT2D eigenvalue weighted by molar-refractivity contribution is -0.137. The first-order valence-electron chi connectivity index (χ1n) is 6.54. The second-order valence-corrected chi connectivity index (χ2v) is 5.43. The number of rotatable bonds is 6. The number of carbonyl (C=O) groups excluding carboxylic acids is 1. The van der Waals surface area contributed by atoms with Crippen molar-refractivity contribution in [2.24, 2.45) is 0 Å². The lowest BCUT2D eigenvalue weighted by Gasteiger charge is -2.18. The Morgan fingerprint density at radius 2 is 2.19 bits per heavy atom. The quantitative estimate of drug-likeness (QED) is 0.887. The summed E-state index contributed by atoms with van der Waals surface area (Å²) >= 11 is 1.30. The summed E-state index contributed by atoms with van der Waals surface area (Å²) in [5, 5.41) is 11.1. The van der Waals surface area contributed by atoms with Gasteiger partial charge in [-0.1, -0.05) is 6.92 Å². The molecule has 0 saturated carbocycles. The van der Waals surface area contributed by atoms with Crippen molar-refractivity contribution in [2.75, 3.05) is 13.1 Å². The van der Waals surface area contributed by atoms with E-state index >= 15 is 0 Å². The minimum Gasteiger partial charge on any atom is -0.480 e. The van der Waals surface area contributed by atoms with Gasteiger partial charge >= 0.3 is 5.97 Å². The first kappa shape index (κ1) is 15.2. The van der Waals surface area contributed by atoms with Crippen LogP contribution in [0.15, 0.2) is 21.9 Å². The molecular weight excluding hydrogens is 292 g/mol. The maximum absolute atomic E-state index is 12.3. The minimum atomic E-state index is -1.03. The van der Waals surface area contributed by atoms with E-state index in [1.54, 1.807) is 11.4 Å². The topological polar surface area (TPSA) is 83.6 Å². The Hall–Kier alpha value is -2.15. The van der Waals surface area contributed by atoms with Crippen molar-refractivity contribution in [3.63, 3.8) is 0 Å². The average Bonchev–Trinajstić information content (AvgIpc) is 3.05. The third-order valence-electron chi connectivity index (χ3n) is 2.78. The lowest BCUT2D eigenvalue weighted by Crippen LogP contribution is -2.36. The zero-order valence-electron chi connectivity index (χ0n) is 11.8. The molecule has 1 amide bonds. The molecule has 0 aliphatic heterocycles. The zero-order valence-corrected chi connectivity index (χ0v) is 12.6. The number of carboxylic acid groups (broad SMARTS) is 1. The van der Waals surface area contributed by atoms with Crippen molar-refractivity contribution >= 4 is 23.2 Å². The van der Waals surface area contributed by atoms with Gasteiger partial charge in [-0.3, -0.25) is 9.59 Å². The fraction of sp³-hybridized carbons (Fsp3) is 0.357. The van der Waals surface area contributed by atoms with Crippen molar-refractivity contribution in [3.05, 3.63) is 29.0 Å². The van der Waals surface area contributed by atoms with Crippen molar-refractivity contribution in [3.8, 4) is 10.8 Å². The molecule has 0 radical (unpaired) electrons. The molecule has 2 aromatic rings. The molecule has 2 rings (SSSR count). The summed E-state index contributed by atoms with van der Waals surface area (Å²) in [6.07, 6.45) is 0.688. The van der Waals surface area contributed by atoms with Crippen LogP contribution in [0.5, 0.6) is 0 Å². The molecule has 7 heteroatoms. The van der Waals surface area contributed by atoms with Crippen LogP contribution >= 0.6 is 11.3 Å². The van der Waals surface area contributed by atoms with Crippen LogP contribution in [-0.2, 0) is 4.79 Å². The van der Waals surface area contributed by atoms with Gasteiger partial charge < -0.3 is 14.4 Å². The monoisotopic (exact) mass is 308 g/mol. The first-order chi connectivity index (χ1) is 10.0. The van der Waals surface area contributed by atoms with Crippen LogP contribution in [-0.4, -0.2) is 40.0 Å². The van der Waals surface area contributed by atoms with E-state index in [2.05, 4.69) is 4.98 Å². The fourth-order valence-electron chi connectivity index (χ4n) is 1.88. The number of nitrogens with zero attached hydrogens (tertiary/aromatic N) is 2. The number of aromatic nitrogens is 1. The summed E-state index contributed by atoms with van der Waals surface area (Å²) in [6, 6.07) is 3.62. The van der Waals surface area contributed by atoms with E-state index in [1.807, 2.05) is 19.9 Å².